The van der Waals surface area contributed by atoms with Crippen molar-refractivity contribution in [3.8, 4) is 16.9 Å². The van der Waals surface area contributed by atoms with Gasteiger partial charge in [0.15, 0.2) is 6.79 Å². The van der Waals surface area contributed by atoms with Crippen LogP contribution in [0.5, 0.6) is 5.75 Å². The molecule has 0 N–H and O–H groups in total. The molecule has 2 aromatic carbocycles. The average molecular weight is 391 g/mol. The van der Waals surface area contributed by atoms with Crippen LogP contribution in [0.15, 0.2) is 36.4 Å². The molecule has 0 atom stereocenters. The lowest BCUT2D eigenvalue weighted by molar-refractivity contribution is 0.0510. The Balaban J connectivity index is 2.41. The molecule has 0 aliphatic rings. The van der Waals surface area contributed by atoms with E-state index in [0.717, 1.165) is 17.4 Å². The van der Waals surface area contributed by atoms with Crippen molar-refractivity contribution in [1.82, 2.24) is 0 Å². The second kappa shape index (κ2) is 8.18. The van der Waals surface area contributed by atoms with Gasteiger partial charge in [-0.15, -0.1) is 0 Å². The lowest BCUT2D eigenvalue weighted by atomic mass is 10.0. The van der Waals surface area contributed by atoms with Crippen LogP contribution in [0.25, 0.3) is 11.1 Å². The minimum atomic E-state index is -3.55. The summed E-state index contributed by atoms with van der Waals surface area (Å²) in [6.45, 7) is -0.0452. The van der Waals surface area contributed by atoms with Crippen LogP contribution in [0.4, 0.5) is 0 Å². The van der Waals surface area contributed by atoms with Gasteiger partial charge in [-0.25, -0.2) is 0 Å². The second-order valence-corrected chi connectivity index (χ2v) is 7.56. The number of hydrogen-bond donors (Lipinski definition) is 0. The number of hydrogen-bond acceptors (Lipinski definition) is 5. The maximum atomic E-state index is 11.2. The summed E-state index contributed by atoms with van der Waals surface area (Å²) in [7, 11) is -2.04. The molecule has 24 heavy (non-hydrogen) atoms. The Morgan fingerprint density at radius 2 is 1.58 bits per heavy atom. The maximum Gasteiger partial charge on any atom is 0.264 e. The fourth-order valence-corrected chi connectivity index (χ4v) is 2.89. The summed E-state index contributed by atoms with van der Waals surface area (Å²) in [6.07, 6.45) is 0.996. The topological polar surface area (TPSA) is 61.8 Å². The maximum absolute atomic E-state index is 11.2. The first-order valence-corrected chi connectivity index (χ1v) is 9.40. The Bertz CT molecular complexity index is 801. The molecule has 2 rings (SSSR count). The normalized spacial score (nSPS) is 11.5. The molecule has 0 aliphatic carbocycles. The average Bonchev–Trinajstić information content (AvgIpc) is 2.49. The van der Waals surface area contributed by atoms with Crippen molar-refractivity contribution in [3.05, 3.63) is 52.0 Å². The van der Waals surface area contributed by atoms with Gasteiger partial charge in [-0.3, -0.25) is 4.18 Å². The van der Waals surface area contributed by atoms with E-state index >= 15 is 0 Å². The number of ether oxygens (including phenoxy) is 2. The molecule has 0 unspecified atom stereocenters. The van der Waals surface area contributed by atoms with Gasteiger partial charge in [-0.1, -0.05) is 23.2 Å². The third-order valence-corrected chi connectivity index (χ3v) is 3.93. The third kappa shape index (κ3) is 5.96. The minimum Gasteiger partial charge on any atom is -0.468 e. The molecule has 0 aromatic heterocycles. The van der Waals surface area contributed by atoms with E-state index < -0.39 is 10.1 Å². The number of halogens is 2. The zero-order valence-electron chi connectivity index (χ0n) is 13.1. The monoisotopic (exact) mass is 390 g/mol. The van der Waals surface area contributed by atoms with E-state index in [0.29, 0.717) is 21.4 Å². The third-order valence-electron chi connectivity index (χ3n) is 2.95. The number of benzene rings is 2. The molecule has 0 aliphatic heterocycles. The van der Waals surface area contributed by atoms with Crippen molar-refractivity contribution >= 4 is 33.3 Å². The summed E-state index contributed by atoms with van der Waals surface area (Å²) in [4.78, 5) is 0. The Hall–Kier alpha value is -1.31. The van der Waals surface area contributed by atoms with Crippen molar-refractivity contribution < 1.29 is 22.1 Å². The molecule has 0 saturated heterocycles. The van der Waals surface area contributed by atoms with E-state index in [-0.39, 0.29) is 13.4 Å². The Labute approximate surface area is 151 Å². The molecule has 0 fully saturated rings. The summed E-state index contributed by atoms with van der Waals surface area (Å²) in [6, 6.07) is 10.4. The molecule has 2 aromatic rings. The second-order valence-electron chi connectivity index (χ2n) is 5.04. The van der Waals surface area contributed by atoms with E-state index in [1.165, 1.54) is 7.11 Å². The number of methoxy groups -OCH3 is 1. The molecular weight excluding hydrogens is 375 g/mol. The van der Waals surface area contributed by atoms with Crippen LogP contribution in [0.1, 0.15) is 5.56 Å². The number of rotatable bonds is 7. The quantitative estimate of drug-likeness (QED) is 0.525. The van der Waals surface area contributed by atoms with Crippen molar-refractivity contribution in [2.75, 3.05) is 20.2 Å². The van der Waals surface area contributed by atoms with Gasteiger partial charge in [0.25, 0.3) is 10.1 Å². The predicted molar refractivity (Wildman–Crippen MR) is 94.0 cm³/mol. The van der Waals surface area contributed by atoms with Crippen LogP contribution in [0, 0.1) is 0 Å². The zero-order chi connectivity index (χ0) is 17.7. The fourth-order valence-electron chi connectivity index (χ4n) is 2.02. The zero-order valence-corrected chi connectivity index (χ0v) is 15.4. The van der Waals surface area contributed by atoms with Crippen LogP contribution < -0.4 is 4.74 Å². The van der Waals surface area contributed by atoms with Crippen LogP contribution >= 0.6 is 23.2 Å². The highest BCUT2D eigenvalue weighted by Gasteiger charge is 2.09. The highest BCUT2D eigenvalue weighted by molar-refractivity contribution is 7.85. The predicted octanol–water partition coefficient (Wildman–Crippen LogP) is 4.12. The van der Waals surface area contributed by atoms with Crippen LogP contribution in [-0.2, 0) is 25.6 Å². The Morgan fingerprint density at radius 1 is 0.958 bits per heavy atom. The lowest BCUT2D eigenvalue weighted by Crippen LogP contribution is -2.04. The van der Waals surface area contributed by atoms with Crippen molar-refractivity contribution in [2.45, 2.75) is 6.61 Å². The Kier molecular flexibility index (Phi) is 6.48. The molecular formula is C16H16Cl2O5S. The van der Waals surface area contributed by atoms with Gasteiger partial charge in [-0.2, -0.15) is 8.42 Å². The molecule has 0 amide bonds. The smallest absolute Gasteiger partial charge is 0.264 e. The molecule has 0 saturated carbocycles. The molecule has 0 spiro atoms. The van der Waals surface area contributed by atoms with Gasteiger partial charge in [0.05, 0.1) is 12.9 Å². The van der Waals surface area contributed by atoms with E-state index in [1.807, 2.05) is 0 Å². The summed E-state index contributed by atoms with van der Waals surface area (Å²) in [5, 5.41) is 0.990. The highest BCUT2D eigenvalue weighted by atomic mass is 35.5. The van der Waals surface area contributed by atoms with Gasteiger partial charge in [0.2, 0.25) is 0 Å². The minimum absolute atomic E-state index is 0.0616. The van der Waals surface area contributed by atoms with Crippen LogP contribution in [-0.4, -0.2) is 28.6 Å². The highest BCUT2D eigenvalue weighted by Crippen LogP contribution is 2.31. The van der Waals surface area contributed by atoms with Crippen molar-refractivity contribution in [3.63, 3.8) is 0 Å². The molecule has 0 bridgehead atoms. The summed E-state index contributed by atoms with van der Waals surface area (Å²) >= 11 is 12.1. The van der Waals surface area contributed by atoms with Crippen LogP contribution in [0.2, 0.25) is 10.0 Å². The molecule has 5 nitrogen and oxygen atoms in total. The van der Waals surface area contributed by atoms with Gasteiger partial charge in [0, 0.05) is 17.2 Å². The van der Waals surface area contributed by atoms with E-state index in [1.54, 1.807) is 36.4 Å². The van der Waals surface area contributed by atoms with E-state index in [9.17, 15) is 8.42 Å². The van der Waals surface area contributed by atoms with Crippen molar-refractivity contribution in [2.24, 2.45) is 0 Å². The first-order chi connectivity index (χ1) is 11.3. The molecule has 0 heterocycles. The first kappa shape index (κ1) is 19.0. The van der Waals surface area contributed by atoms with Gasteiger partial charge >= 0.3 is 0 Å². The SMILES string of the molecule is COCOc1cc(COS(C)(=O)=O)cc(-c2cc(Cl)cc(Cl)c2)c1. The van der Waals surface area contributed by atoms with E-state index in [2.05, 4.69) is 0 Å². The molecule has 130 valence electrons. The standard InChI is InChI=1S/C16H16Cl2O5S/c1-21-10-22-16-4-11(9-23-24(2,19)20)3-12(7-16)13-5-14(17)8-15(18)6-13/h3-8H,9-10H2,1-2H3. The molecule has 0 radical (unpaired) electrons. The summed E-state index contributed by atoms with van der Waals surface area (Å²) in [5.74, 6) is 0.512. The molecule has 8 heteroatoms. The van der Waals surface area contributed by atoms with Gasteiger partial charge in [0.1, 0.15) is 5.75 Å². The summed E-state index contributed by atoms with van der Waals surface area (Å²) in [5.41, 5.74) is 2.16. The lowest BCUT2D eigenvalue weighted by Gasteiger charge is -2.11. The first-order valence-electron chi connectivity index (χ1n) is 6.83. The van der Waals surface area contributed by atoms with E-state index in [4.69, 9.17) is 36.9 Å². The van der Waals surface area contributed by atoms with Gasteiger partial charge < -0.3 is 9.47 Å². The summed E-state index contributed by atoms with van der Waals surface area (Å²) < 4.78 is 37.6. The fraction of sp³-hybridized carbons (Fsp3) is 0.250. The largest absolute Gasteiger partial charge is 0.468 e. The van der Waals surface area contributed by atoms with Crippen LogP contribution in [0.3, 0.4) is 0 Å². The Morgan fingerprint density at radius 3 is 2.17 bits per heavy atom. The van der Waals surface area contributed by atoms with Gasteiger partial charge in [-0.05, 0) is 53.1 Å². The van der Waals surface area contributed by atoms with Crippen molar-refractivity contribution in [1.29, 1.82) is 0 Å².